The van der Waals surface area contributed by atoms with Gasteiger partial charge in [0.2, 0.25) is 0 Å². The molecule has 0 atom stereocenters. The average molecular weight is 359 g/mol. The third-order valence-electron chi connectivity index (χ3n) is 3.46. The van der Waals surface area contributed by atoms with E-state index in [9.17, 15) is 4.79 Å². The Morgan fingerprint density at radius 3 is 2.88 bits per heavy atom. The van der Waals surface area contributed by atoms with E-state index in [1.54, 1.807) is 36.0 Å². The molecule has 6 heteroatoms. The van der Waals surface area contributed by atoms with E-state index < -0.39 is 0 Å². The molecule has 3 rings (SSSR count). The molecule has 0 saturated carbocycles. The molecule has 0 N–H and O–H groups in total. The highest BCUT2D eigenvalue weighted by atomic mass is 35.5. The molecule has 3 aromatic rings. The summed E-state index contributed by atoms with van der Waals surface area (Å²) in [5, 5.41) is 1.62. The predicted octanol–water partition coefficient (Wildman–Crippen LogP) is 4.33. The molecule has 0 saturated heterocycles. The maximum Gasteiger partial charge on any atom is 0.266 e. The molecule has 0 unspecified atom stereocenters. The average Bonchev–Trinajstić information content (AvgIpc) is 2.59. The number of nitrogens with zero attached hydrogens (tertiary/aromatic N) is 2. The van der Waals surface area contributed by atoms with Gasteiger partial charge >= 0.3 is 0 Å². The van der Waals surface area contributed by atoms with E-state index in [1.807, 2.05) is 24.3 Å². The molecule has 0 spiro atoms. The quantitative estimate of drug-likeness (QED) is 0.387. The second-order valence-electron chi connectivity index (χ2n) is 4.97. The fourth-order valence-electron chi connectivity index (χ4n) is 2.40. The van der Waals surface area contributed by atoms with Crippen LogP contribution in [0.4, 0.5) is 0 Å². The number of rotatable bonds is 5. The van der Waals surface area contributed by atoms with Gasteiger partial charge in [0.05, 0.1) is 23.7 Å². The van der Waals surface area contributed by atoms with Crippen LogP contribution in [0, 0.1) is 0 Å². The molecule has 0 radical (unpaired) electrons. The van der Waals surface area contributed by atoms with Gasteiger partial charge in [0, 0.05) is 10.8 Å². The second-order valence-corrected chi connectivity index (χ2v) is 6.39. The molecule has 0 amide bonds. The van der Waals surface area contributed by atoms with Crippen molar-refractivity contribution in [3.63, 3.8) is 0 Å². The number of para-hydroxylation sites is 2. The van der Waals surface area contributed by atoms with Crippen LogP contribution in [-0.2, 0) is 0 Å². The normalized spacial score (nSPS) is 10.8. The van der Waals surface area contributed by atoms with Crippen LogP contribution in [0.1, 0.15) is 0 Å². The summed E-state index contributed by atoms with van der Waals surface area (Å²) in [4.78, 5) is 17.7. The van der Waals surface area contributed by atoms with E-state index in [2.05, 4.69) is 11.6 Å². The van der Waals surface area contributed by atoms with Crippen molar-refractivity contribution in [3.05, 3.63) is 70.5 Å². The van der Waals surface area contributed by atoms with Gasteiger partial charge in [-0.1, -0.05) is 41.6 Å². The minimum Gasteiger partial charge on any atom is -0.495 e. The molecule has 24 heavy (non-hydrogen) atoms. The third-order valence-corrected chi connectivity index (χ3v) is 4.63. The van der Waals surface area contributed by atoms with Crippen molar-refractivity contribution in [2.24, 2.45) is 0 Å². The number of halogens is 1. The summed E-state index contributed by atoms with van der Waals surface area (Å²) in [6, 6.07) is 12.5. The fourth-order valence-corrected chi connectivity index (χ4v) is 3.30. The molecule has 122 valence electrons. The monoisotopic (exact) mass is 358 g/mol. The Morgan fingerprint density at radius 1 is 1.33 bits per heavy atom. The van der Waals surface area contributed by atoms with Crippen molar-refractivity contribution < 1.29 is 4.74 Å². The summed E-state index contributed by atoms with van der Waals surface area (Å²) in [6.07, 6.45) is 1.77. The van der Waals surface area contributed by atoms with Gasteiger partial charge in [-0.15, -0.1) is 6.58 Å². The second kappa shape index (κ2) is 7.11. The van der Waals surface area contributed by atoms with Crippen LogP contribution < -0.4 is 10.3 Å². The van der Waals surface area contributed by atoms with Crippen molar-refractivity contribution in [1.82, 2.24) is 9.55 Å². The van der Waals surface area contributed by atoms with Crippen LogP contribution in [0.25, 0.3) is 16.6 Å². The Hall–Kier alpha value is -2.24. The van der Waals surface area contributed by atoms with Crippen LogP contribution >= 0.6 is 23.4 Å². The van der Waals surface area contributed by atoms with Crippen LogP contribution in [-0.4, -0.2) is 22.4 Å². The number of hydrogen-bond acceptors (Lipinski definition) is 4. The first-order valence-electron chi connectivity index (χ1n) is 7.25. The highest BCUT2D eigenvalue weighted by Crippen LogP contribution is 2.27. The van der Waals surface area contributed by atoms with Crippen molar-refractivity contribution in [2.45, 2.75) is 5.16 Å². The first-order valence-corrected chi connectivity index (χ1v) is 8.61. The molecule has 0 aliphatic heterocycles. The van der Waals surface area contributed by atoms with Gasteiger partial charge < -0.3 is 4.74 Å². The summed E-state index contributed by atoms with van der Waals surface area (Å²) in [5.74, 6) is 1.24. The highest BCUT2D eigenvalue weighted by Gasteiger charge is 2.16. The van der Waals surface area contributed by atoms with Crippen molar-refractivity contribution in [1.29, 1.82) is 0 Å². The number of methoxy groups -OCH3 is 1. The van der Waals surface area contributed by atoms with E-state index in [4.69, 9.17) is 16.3 Å². The summed E-state index contributed by atoms with van der Waals surface area (Å²) in [6.45, 7) is 3.73. The lowest BCUT2D eigenvalue weighted by molar-refractivity contribution is 0.411. The SMILES string of the molecule is C=CCSc1nc2cc(Cl)ccc2c(=O)n1-c1ccccc1OC. The lowest BCUT2D eigenvalue weighted by Gasteiger charge is -2.15. The minimum atomic E-state index is -0.160. The van der Waals surface area contributed by atoms with Crippen LogP contribution in [0.2, 0.25) is 5.02 Å². The van der Waals surface area contributed by atoms with E-state index in [0.29, 0.717) is 38.3 Å². The Kier molecular flexibility index (Phi) is 4.92. The Bertz CT molecular complexity index is 969. The molecule has 0 bridgehead atoms. The van der Waals surface area contributed by atoms with Gasteiger partial charge in [-0.2, -0.15) is 0 Å². The van der Waals surface area contributed by atoms with Crippen molar-refractivity contribution in [2.75, 3.05) is 12.9 Å². The predicted molar refractivity (Wildman–Crippen MR) is 99.8 cm³/mol. The molecule has 0 aliphatic carbocycles. The van der Waals surface area contributed by atoms with Crippen molar-refractivity contribution >= 4 is 34.3 Å². The lowest BCUT2D eigenvalue weighted by atomic mass is 10.2. The van der Waals surface area contributed by atoms with Crippen LogP contribution in [0.3, 0.4) is 0 Å². The van der Waals surface area contributed by atoms with Gasteiger partial charge in [0.25, 0.3) is 5.56 Å². The number of ether oxygens (including phenoxy) is 1. The maximum absolute atomic E-state index is 13.1. The van der Waals surface area contributed by atoms with Gasteiger partial charge in [-0.3, -0.25) is 9.36 Å². The number of thioether (sulfide) groups is 1. The first kappa shape index (κ1) is 16.6. The molecule has 4 nitrogen and oxygen atoms in total. The summed E-state index contributed by atoms with van der Waals surface area (Å²) >= 11 is 7.47. The maximum atomic E-state index is 13.1. The largest absolute Gasteiger partial charge is 0.495 e. The standard InChI is InChI=1S/C18H15ClN2O2S/c1-3-10-24-18-20-14-11-12(19)8-9-13(14)17(22)21(18)15-6-4-5-7-16(15)23-2/h3-9,11H,1,10H2,2H3. The lowest BCUT2D eigenvalue weighted by Crippen LogP contribution is -2.22. The molecular weight excluding hydrogens is 344 g/mol. The van der Waals surface area contributed by atoms with Crippen LogP contribution in [0.5, 0.6) is 5.75 Å². The summed E-state index contributed by atoms with van der Waals surface area (Å²) in [7, 11) is 1.58. The molecule has 0 aliphatic rings. The molecule has 1 aromatic heterocycles. The zero-order chi connectivity index (χ0) is 17.1. The van der Waals surface area contributed by atoms with Gasteiger partial charge in [-0.05, 0) is 30.3 Å². The zero-order valence-electron chi connectivity index (χ0n) is 13.0. The molecular formula is C18H15ClN2O2S. The Balaban J connectivity index is 2.35. The molecule has 0 fully saturated rings. The zero-order valence-corrected chi connectivity index (χ0v) is 14.6. The minimum absolute atomic E-state index is 0.160. The van der Waals surface area contributed by atoms with Crippen molar-refractivity contribution in [3.8, 4) is 11.4 Å². The van der Waals surface area contributed by atoms with E-state index in [0.717, 1.165) is 0 Å². The van der Waals surface area contributed by atoms with E-state index >= 15 is 0 Å². The van der Waals surface area contributed by atoms with E-state index in [1.165, 1.54) is 11.8 Å². The highest BCUT2D eigenvalue weighted by molar-refractivity contribution is 7.99. The molecule has 2 aromatic carbocycles. The van der Waals surface area contributed by atoms with E-state index in [-0.39, 0.29) is 5.56 Å². The van der Waals surface area contributed by atoms with Gasteiger partial charge in [0.15, 0.2) is 5.16 Å². The summed E-state index contributed by atoms with van der Waals surface area (Å²) in [5.41, 5.74) is 1.07. The number of aromatic nitrogens is 2. The first-order chi connectivity index (χ1) is 11.7. The molecule has 1 heterocycles. The third kappa shape index (κ3) is 3.05. The topological polar surface area (TPSA) is 44.1 Å². The van der Waals surface area contributed by atoms with Gasteiger partial charge in [0.1, 0.15) is 5.75 Å². The Labute approximate surface area is 148 Å². The smallest absolute Gasteiger partial charge is 0.266 e. The number of hydrogen-bond donors (Lipinski definition) is 0. The van der Waals surface area contributed by atoms with Crippen LogP contribution in [0.15, 0.2) is 65.1 Å². The van der Waals surface area contributed by atoms with Gasteiger partial charge in [-0.25, -0.2) is 4.98 Å². The number of fused-ring (bicyclic) bond motifs is 1. The Morgan fingerprint density at radius 2 is 2.12 bits per heavy atom. The fraction of sp³-hybridized carbons (Fsp3) is 0.111. The summed E-state index contributed by atoms with van der Waals surface area (Å²) < 4.78 is 6.98. The number of benzene rings is 2.